The number of pyridine rings is 1. The molecule has 1 spiro atoms. The van der Waals surface area contributed by atoms with E-state index in [1.807, 2.05) is 0 Å². The van der Waals surface area contributed by atoms with Crippen LogP contribution in [0.5, 0.6) is 11.5 Å². The van der Waals surface area contributed by atoms with E-state index in [2.05, 4.69) is 400 Å². The van der Waals surface area contributed by atoms with Gasteiger partial charge < -0.3 is 4.90 Å². The molecule has 97 heavy (non-hydrogen) atoms. The number of ether oxygens (including phenoxy) is 1. The van der Waals surface area contributed by atoms with Crippen molar-refractivity contribution in [3.8, 4) is 78.5 Å². The number of anilines is 6. The van der Waals surface area contributed by atoms with Crippen LogP contribution in [0.2, 0.25) is 0 Å². The van der Waals surface area contributed by atoms with Crippen LogP contribution in [0.3, 0.4) is 0 Å². The Balaban J connectivity index is 0.883. The molecule has 0 radical (unpaired) electrons. The van der Waals surface area contributed by atoms with E-state index >= 15 is 0 Å². The zero-order chi connectivity index (χ0) is 65.4. The van der Waals surface area contributed by atoms with Crippen molar-refractivity contribution in [3.63, 3.8) is 0 Å². The second kappa shape index (κ2) is 24.1. The van der Waals surface area contributed by atoms with E-state index in [0.29, 0.717) is 11.5 Å². The summed E-state index contributed by atoms with van der Waals surface area (Å²) < 4.78 is 13.2. The van der Waals surface area contributed by atoms with Crippen LogP contribution >= 0.6 is 0 Å². The number of benzene rings is 13. The van der Waals surface area contributed by atoms with Crippen molar-refractivity contribution in [2.24, 2.45) is 0 Å². The Bertz CT molecular complexity index is 5420. The van der Waals surface area contributed by atoms with Gasteiger partial charge in [0.15, 0.2) is 0 Å². The van der Waals surface area contributed by atoms with Crippen LogP contribution < -0.4 is 14.5 Å². The molecule has 13 aromatic carbocycles. The molecule has 0 N–H and O–H groups in total. The van der Waals surface area contributed by atoms with Crippen molar-refractivity contribution in [1.82, 2.24) is 14.1 Å². The normalized spacial score (nSPS) is 12.8. The van der Waals surface area contributed by atoms with Gasteiger partial charge in [-0.1, -0.05) is 154 Å². The van der Waals surface area contributed by atoms with Crippen LogP contribution in [-0.4, -0.2) is 14.1 Å². The van der Waals surface area contributed by atoms with E-state index in [9.17, 15) is 0 Å². The van der Waals surface area contributed by atoms with Gasteiger partial charge in [-0.2, -0.15) is 0 Å². The van der Waals surface area contributed by atoms with Gasteiger partial charge >= 0.3 is 306 Å². The topological polar surface area (TPSA) is 38.5 Å². The molecule has 15 aromatic rings. The van der Waals surface area contributed by atoms with E-state index in [0.717, 1.165) is 144 Å². The quantitative estimate of drug-likeness (QED) is 0.129. The van der Waals surface area contributed by atoms with Crippen LogP contribution in [0.15, 0.2) is 334 Å². The molecule has 4 heterocycles. The third-order valence-corrected chi connectivity index (χ3v) is 20.5. The Morgan fingerprint density at radius 2 is 0.825 bits per heavy atom. The average molecular weight is 1430 g/mol. The maximum atomic E-state index is 7.38. The van der Waals surface area contributed by atoms with Gasteiger partial charge in [0.05, 0.1) is 11.4 Å². The number of aryl methyl sites for hydroxylation is 1. The summed E-state index contributed by atoms with van der Waals surface area (Å²) in [7, 11) is 0. The standard InChI is InChI=1S/C90H67N5O.Pt/c1-61-54-87(91-59-76(61)66-44-48-69(49-45-66)89(2,3)4)95-81-41-21-20-40-77(81)90(79-55-67(62-26-10-5-11-27-62)46-52-82(79)94(70-34-18-9-19-35-70)83-53-47-68(56-80(83)90)63-28-12-6-13-29-63)78-51-50-73(58-86(78)95)96-72-37-24-36-71(57-72)92-60-93(85-43-23-22-42-84(85)92)88-74(64-30-14-7-15-31-64)38-25-39-75(88)65-32-16-8-17-33-65;/h5-59H,1-4H3;. The molecule has 0 unspecified atom stereocenters. The minimum absolute atomic E-state index is 0.0301. The fourth-order valence-electron chi connectivity index (χ4n) is 15.0. The smallest absolute Gasteiger partial charge is 0.0579 e. The van der Waals surface area contributed by atoms with Gasteiger partial charge in [0, 0.05) is 17.4 Å². The molecule has 0 bridgehead atoms. The molecule has 468 valence electrons. The Morgan fingerprint density at radius 1 is 0.351 bits per heavy atom. The fraction of sp³-hybridized carbons (Fsp3) is 0.0667. The first kappa shape index (κ1) is 59.3. The Kier molecular flexibility index (Phi) is 14.7. The number of para-hydroxylation sites is 5. The molecule has 6 nitrogen and oxygen atoms in total. The molecule has 0 saturated heterocycles. The zero-order valence-corrected chi connectivity index (χ0v) is 56.5. The van der Waals surface area contributed by atoms with Gasteiger partial charge in [0.2, 0.25) is 0 Å². The Labute approximate surface area is 577 Å². The molecule has 0 aliphatic carbocycles. The van der Waals surface area contributed by atoms with Gasteiger partial charge in [-0.15, -0.1) is 0 Å². The summed E-state index contributed by atoms with van der Waals surface area (Å²) in [5, 5.41) is 0. The first-order valence-electron chi connectivity index (χ1n) is 33.2. The van der Waals surface area contributed by atoms with Gasteiger partial charge in [-0.25, -0.2) is 0 Å². The summed E-state index contributed by atoms with van der Waals surface area (Å²) in [4.78, 5) is 10.4. The molecule has 0 fully saturated rings. The van der Waals surface area contributed by atoms with Crippen LogP contribution in [0.25, 0.3) is 78.0 Å². The molecule has 0 saturated carbocycles. The van der Waals surface area contributed by atoms with E-state index in [1.54, 1.807) is 0 Å². The van der Waals surface area contributed by atoms with Gasteiger partial charge in [0.1, 0.15) is 0 Å². The molecule has 2 aliphatic rings. The molecule has 2 aliphatic heterocycles. The third kappa shape index (κ3) is 10.1. The van der Waals surface area contributed by atoms with E-state index in [-0.39, 0.29) is 5.41 Å². The maximum absolute atomic E-state index is 7.38. The summed E-state index contributed by atoms with van der Waals surface area (Å²) in [6, 6.07) is 119. The number of hydrogen-bond donors (Lipinski definition) is 0. The summed E-state index contributed by atoms with van der Waals surface area (Å²) >= 11 is 2.53. The molecule has 17 rings (SSSR count). The number of hydrogen-bond acceptors (Lipinski definition) is 4. The molecule has 7 heteroatoms. The minimum atomic E-state index is -0.905. The fourth-order valence-corrected chi connectivity index (χ4v) is 16.1. The Hall–Kier alpha value is -11.4. The summed E-state index contributed by atoms with van der Waals surface area (Å²) in [5.74, 6) is 2.19. The predicted molar refractivity (Wildman–Crippen MR) is 396 cm³/mol. The van der Waals surface area contributed by atoms with Crippen molar-refractivity contribution in [2.75, 3.05) is 9.80 Å². The van der Waals surface area contributed by atoms with Crippen molar-refractivity contribution < 1.29 is 24.1 Å². The minimum Gasteiger partial charge on any atom is -0.0579 e. The zero-order valence-electron chi connectivity index (χ0n) is 54.2. The molecular weight excluding hydrogens is 1360 g/mol. The van der Waals surface area contributed by atoms with E-state index < -0.39 is 5.41 Å². The summed E-state index contributed by atoms with van der Waals surface area (Å²) in [5.41, 5.74) is 27.0. The SMILES string of the molecule is Cc1cc(N2c3ccccc3C3(c4cc(-c5ccccc5)ccc4N(c4ccccc4)c4ccc(-c5ccccc5)cc43)c3ccc(Oc4cccc(-n5[c](=[Pt])n(-c6c(-c7ccccc7)cccc6-c6ccccc6)c6ccccc65)c4)cc32)ncc1-c1ccc(C(C)(C)C)cc1. The number of imidazole rings is 1. The number of fused-ring (bicyclic) bond motifs is 9. The first-order valence-corrected chi connectivity index (χ1v) is 34.3. The van der Waals surface area contributed by atoms with Crippen LogP contribution in [0, 0.1) is 10.7 Å². The van der Waals surface area contributed by atoms with Crippen molar-refractivity contribution in [2.45, 2.75) is 38.5 Å². The van der Waals surface area contributed by atoms with Gasteiger partial charge in [-0.05, 0) is 87.7 Å². The second-order valence-electron chi connectivity index (χ2n) is 26.3. The number of aromatic nitrogens is 3. The second-order valence-corrected chi connectivity index (χ2v) is 27.3. The first-order chi connectivity index (χ1) is 47.6. The molecule has 0 atom stereocenters. The van der Waals surface area contributed by atoms with E-state index in [4.69, 9.17) is 9.72 Å². The van der Waals surface area contributed by atoms with Crippen LogP contribution in [0.4, 0.5) is 34.3 Å². The van der Waals surface area contributed by atoms with E-state index in [1.165, 1.54) is 5.56 Å². The van der Waals surface area contributed by atoms with Gasteiger partial charge in [-0.3, -0.25) is 0 Å². The predicted octanol–water partition coefficient (Wildman–Crippen LogP) is 23.6. The Morgan fingerprint density at radius 3 is 1.41 bits per heavy atom. The molecule has 2 aromatic heterocycles. The average Bonchev–Trinajstić information content (AvgIpc) is 1.39. The van der Waals surface area contributed by atoms with Crippen LogP contribution in [-0.2, 0) is 30.2 Å². The third-order valence-electron chi connectivity index (χ3n) is 19.5. The molecule has 0 amide bonds. The van der Waals surface area contributed by atoms with Crippen molar-refractivity contribution >= 4 is 45.3 Å². The summed E-state index contributed by atoms with van der Waals surface area (Å²) in [6.07, 6.45) is 2.06. The van der Waals surface area contributed by atoms with Crippen molar-refractivity contribution in [1.29, 1.82) is 0 Å². The van der Waals surface area contributed by atoms with Crippen LogP contribution in [0.1, 0.15) is 54.2 Å². The number of rotatable bonds is 11. The van der Waals surface area contributed by atoms with Gasteiger partial charge in [0.25, 0.3) is 0 Å². The van der Waals surface area contributed by atoms with Crippen molar-refractivity contribution in [3.05, 3.63) is 371 Å². The monoisotopic (exact) mass is 1430 g/mol. The number of nitrogens with zero attached hydrogens (tertiary/aromatic N) is 5. The molecular formula is C90H67N5OPt. The summed E-state index contributed by atoms with van der Waals surface area (Å²) in [6.45, 7) is 9.00.